The quantitative estimate of drug-likeness (QED) is 0.268. The summed E-state index contributed by atoms with van der Waals surface area (Å²) in [4.78, 5) is 35.6. The third kappa shape index (κ3) is 6.22. The molecule has 0 saturated carbocycles. The highest BCUT2D eigenvalue weighted by molar-refractivity contribution is 8.26. The molecular weight excluding hydrogens is 560 g/mol. The number of hydrogen-bond acceptors (Lipinski definition) is 9. The van der Waals surface area contributed by atoms with Crippen molar-refractivity contribution < 1.29 is 24.9 Å². The molecule has 0 spiro atoms. The summed E-state index contributed by atoms with van der Waals surface area (Å²) in [6.07, 6.45) is 1.77. The van der Waals surface area contributed by atoms with Gasteiger partial charge >= 0.3 is 5.97 Å². The van der Waals surface area contributed by atoms with Crippen molar-refractivity contribution in [2.24, 2.45) is 0 Å². The number of carbonyl (C=O) groups excluding carboxylic acids is 1. The van der Waals surface area contributed by atoms with Crippen molar-refractivity contribution in [1.82, 2.24) is 14.8 Å². The average Bonchev–Trinajstić information content (AvgIpc) is 3.21. The summed E-state index contributed by atoms with van der Waals surface area (Å²) < 4.78 is 0.523. The average molecular weight is 591 g/mol. The molecule has 5 rings (SSSR count). The van der Waals surface area contributed by atoms with Crippen LogP contribution in [0.5, 0.6) is 11.5 Å². The molecule has 3 aromatic rings. The molecule has 2 saturated heterocycles. The van der Waals surface area contributed by atoms with Crippen molar-refractivity contribution in [3.63, 3.8) is 0 Å². The number of aromatic carboxylic acids is 1. The van der Waals surface area contributed by atoms with E-state index in [1.807, 2.05) is 44.2 Å². The zero-order valence-electron chi connectivity index (χ0n) is 22.7. The second-order valence-electron chi connectivity index (χ2n) is 10.1. The van der Waals surface area contributed by atoms with E-state index in [4.69, 9.17) is 22.3 Å². The number of rotatable bonds is 7. The Balaban J connectivity index is 1.19. The molecule has 0 radical (unpaired) electrons. The molecular formula is C30H30N4O5S2. The normalized spacial score (nSPS) is 17.1. The number of carbonyl (C=O) groups is 2. The SMILES string of the molecule is Cc1cc(-c2cccc(/C=C3\SC(=S)N(CCN4CCN(c5ccc(C(=O)O)c(O)c5)CC4)C3=O)n2)cc(C)c1O. The van der Waals surface area contributed by atoms with Gasteiger partial charge in [0, 0.05) is 56.6 Å². The maximum absolute atomic E-state index is 13.2. The maximum atomic E-state index is 13.2. The Labute approximate surface area is 247 Å². The van der Waals surface area contributed by atoms with Crippen molar-refractivity contribution in [1.29, 1.82) is 0 Å². The number of phenols is 2. The zero-order chi connectivity index (χ0) is 29.3. The number of carboxylic acids is 1. The van der Waals surface area contributed by atoms with Crippen LogP contribution in [0.1, 0.15) is 27.2 Å². The van der Waals surface area contributed by atoms with Gasteiger partial charge in [-0.3, -0.25) is 14.6 Å². The van der Waals surface area contributed by atoms with Gasteiger partial charge in [0.2, 0.25) is 0 Å². The number of phenolic OH excluding ortho intramolecular Hbond substituents is 1. The fourth-order valence-electron chi connectivity index (χ4n) is 4.99. The number of benzene rings is 2. The van der Waals surface area contributed by atoms with Crippen molar-refractivity contribution in [3.8, 4) is 22.8 Å². The summed E-state index contributed by atoms with van der Waals surface area (Å²) in [5.41, 5.74) is 4.54. The van der Waals surface area contributed by atoms with Crippen LogP contribution in [0.3, 0.4) is 0 Å². The Hall–Kier alpha value is -3.93. The Morgan fingerprint density at radius 2 is 1.73 bits per heavy atom. The maximum Gasteiger partial charge on any atom is 0.339 e. The number of nitrogens with zero attached hydrogens (tertiary/aromatic N) is 4. The molecule has 1 amide bonds. The number of thioether (sulfide) groups is 1. The summed E-state index contributed by atoms with van der Waals surface area (Å²) in [5.74, 6) is -1.25. The molecule has 3 heterocycles. The summed E-state index contributed by atoms with van der Waals surface area (Å²) in [7, 11) is 0. The number of aromatic hydroxyl groups is 2. The van der Waals surface area contributed by atoms with Gasteiger partial charge in [0.15, 0.2) is 0 Å². The fourth-order valence-corrected chi connectivity index (χ4v) is 6.29. The minimum atomic E-state index is -1.16. The van der Waals surface area contributed by atoms with Crippen LogP contribution in [-0.2, 0) is 4.79 Å². The molecule has 0 unspecified atom stereocenters. The number of hydrogen-bond donors (Lipinski definition) is 3. The second kappa shape index (κ2) is 11.9. The van der Waals surface area contributed by atoms with Gasteiger partial charge in [-0.15, -0.1) is 0 Å². The molecule has 41 heavy (non-hydrogen) atoms. The summed E-state index contributed by atoms with van der Waals surface area (Å²) in [6.45, 7) is 7.82. The van der Waals surface area contributed by atoms with Crippen LogP contribution in [0.25, 0.3) is 17.3 Å². The number of pyridine rings is 1. The minimum Gasteiger partial charge on any atom is -0.507 e. The first-order chi connectivity index (χ1) is 19.6. The van der Waals surface area contributed by atoms with Gasteiger partial charge in [-0.2, -0.15) is 0 Å². The number of thiocarbonyl (C=S) groups is 1. The van der Waals surface area contributed by atoms with E-state index < -0.39 is 5.97 Å². The first kappa shape index (κ1) is 28.6. The van der Waals surface area contributed by atoms with Crippen LogP contribution in [0.4, 0.5) is 5.69 Å². The van der Waals surface area contributed by atoms with Crippen LogP contribution in [0, 0.1) is 13.8 Å². The minimum absolute atomic E-state index is 0.115. The van der Waals surface area contributed by atoms with Gasteiger partial charge in [-0.25, -0.2) is 9.78 Å². The fraction of sp³-hybridized carbons (Fsp3) is 0.267. The van der Waals surface area contributed by atoms with E-state index in [0.29, 0.717) is 41.1 Å². The predicted octanol–water partition coefficient (Wildman–Crippen LogP) is 4.50. The van der Waals surface area contributed by atoms with Gasteiger partial charge in [0.1, 0.15) is 21.4 Å². The zero-order valence-corrected chi connectivity index (χ0v) is 24.3. The lowest BCUT2D eigenvalue weighted by Crippen LogP contribution is -2.48. The van der Waals surface area contributed by atoms with E-state index in [1.54, 1.807) is 17.0 Å². The van der Waals surface area contributed by atoms with Crippen molar-refractivity contribution >= 4 is 51.9 Å². The van der Waals surface area contributed by atoms with Gasteiger partial charge in [-0.1, -0.05) is 30.0 Å². The third-order valence-corrected chi connectivity index (χ3v) is 8.68. The second-order valence-corrected chi connectivity index (χ2v) is 11.8. The van der Waals surface area contributed by atoms with E-state index in [9.17, 15) is 19.8 Å². The van der Waals surface area contributed by atoms with Crippen molar-refractivity contribution in [2.75, 3.05) is 44.2 Å². The van der Waals surface area contributed by atoms with Gasteiger partial charge < -0.3 is 20.2 Å². The monoisotopic (exact) mass is 590 g/mol. The molecule has 0 aliphatic carbocycles. The van der Waals surface area contributed by atoms with E-state index in [2.05, 4.69) is 9.80 Å². The number of anilines is 1. The number of piperazine rings is 1. The van der Waals surface area contributed by atoms with Crippen LogP contribution in [0.15, 0.2) is 53.4 Å². The predicted molar refractivity (Wildman–Crippen MR) is 164 cm³/mol. The Kier molecular flexibility index (Phi) is 8.30. The van der Waals surface area contributed by atoms with Gasteiger partial charge in [0.25, 0.3) is 5.91 Å². The van der Waals surface area contributed by atoms with E-state index in [0.717, 1.165) is 41.2 Å². The lowest BCUT2D eigenvalue weighted by atomic mass is 10.0. The van der Waals surface area contributed by atoms with Gasteiger partial charge in [-0.05, 0) is 67.4 Å². The molecule has 0 atom stereocenters. The molecule has 212 valence electrons. The molecule has 9 nitrogen and oxygen atoms in total. The molecule has 2 aromatic carbocycles. The number of carboxylic acid groups (broad SMARTS) is 1. The topological polar surface area (TPSA) is 117 Å². The number of aromatic nitrogens is 1. The first-order valence-electron chi connectivity index (χ1n) is 13.2. The molecule has 2 aliphatic heterocycles. The lowest BCUT2D eigenvalue weighted by molar-refractivity contribution is -0.122. The molecule has 2 aliphatic rings. The van der Waals surface area contributed by atoms with E-state index >= 15 is 0 Å². The Bertz CT molecular complexity index is 1540. The molecule has 2 fully saturated rings. The van der Waals surface area contributed by atoms with Crippen molar-refractivity contribution in [3.05, 3.63) is 75.8 Å². The highest BCUT2D eigenvalue weighted by Gasteiger charge is 2.32. The summed E-state index contributed by atoms with van der Waals surface area (Å²) in [5, 5.41) is 29.2. The van der Waals surface area contributed by atoms with Crippen LogP contribution in [-0.4, -0.2) is 85.6 Å². The standard InChI is InChI=1S/C30H30N4O5S2/c1-18-14-20(15-19(2)27(18)36)24-5-3-4-21(31-24)16-26-28(37)34(30(40)41-26)13-10-32-8-11-33(12-9-32)22-6-7-23(29(38)39)25(35)17-22/h3-7,14-17,35-36H,8-13H2,1-2H3,(H,38,39)/b26-16-. The Morgan fingerprint density at radius 1 is 1.02 bits per heavy atom. The highest BCUT2D eigenvalue weighted by Crippen LogP contribution is 2.33. The summed E-state index contributed by atoms with van der Waals surface area (Å²) >= 11 is 6.81. The lowest BCUT2D eigenvalue weighted by Gasteiger charge is -2.36. The van der Waals surface area contributed by atoms with Crippen LogP contribution < -0.4 is 4.90 Å². The number of amides is 1. The third-order valence-electron chi connectivity index (χ3n) is 7.30. The Morgan fingerprint density at radius 3 is 2.39 bits per heavy atom. The number of aryl methyl sites for hydroxylation is 2. The molecule has 11 heteroatoms. The van der Waals surface area contributed by atoms with Crippen LogP contribution in [0.2, 0.25) is 0 Å². The largest absolute Gasteiger partial charge is 0.507 e. The summed E-state index contributed by atoms with van der Waals surface area (Å²) in [6, 6.07) is 14.1. The molecule has 0 bridgehead atoms. The van der Waals surface area contributed by atoms with Crippen LogP contribution >= 0.6 is 24.0 Å². The molecule has 1 aromatic heterocycles. The van der Waals surface area contributed by atoms with E-state index in [-0.39, 0.29) is 23.0 Å². The smallest absolute Gasteiger partial charge is 0.339 e. The van der Waals surface area contributed by atoms with E-state index in [1.165, 1.54) is 23.9 Å². The highest BCUT2D eigenvalue weighted by atomic mass is 32.2. The molecule has 3 N–H and O–H groups in total. The first-order valence-corrected chi connectivity index (χ1v) is 14.4. The van der Waals surface area contributed by atoms with Gasteiger partial charge in [0.05, 0.1) is 16.3 Å². The van der Waals surface area contributed by atoms with Crippen molar-refractivity contribution in [2.45, 2.75) is 13.8 Å².